The van der Waals surface area contributed by atoms with Crippen LogP contribution in [-0.2, 0) is 0 Å². The van der Waals surface area contributed by atoms with E-state index in [9.17, 15) is 8.78 Å². The summed E-state index contributed by atoms with van der Waals surface area (Å²) in [7, 11) is 0. The fourth-order valence-corrected chi connectivity index (χ4v) is 1.62. The molecule has 0 unspecified atom stereocenters. The van der Waals surface area contributed by atoms with Crippen molar-refractivity contribution in [3.63, 3.8) is 0 Å². The Kier molecular flexibility index (Phi) is 2.13. The van der Waals surface area contributed by atoms with Crippen LogP contribution in [0.2, 0.25) is 0 Å². The van der Waals surface area contributed by atoms with Crippen molar-refractivity contribution in [2.45, 2.75) is 31.7 Å². The van der Waals surface area contributed by atoms with Crippen LogP contribution in [0, 0.1) is 11.6 Å². The van der Waals surface area contributed by atoms with Gasteiger partial charge in [-0.15, -0.1) is 0 Å². The number of aromatic nitrogens is 1. The molecule has 1 aliphatic rings. The van der Waals surface area contributed by atoms with Crippen LogP contribution in [-0.4, -0.2) is 10.5 Å². The van der Waals surface area contributed by atoms with Crippen molar-refractivity contribution < 1.29 is 8.78 Å². The summed E-state index contributed by atoms with van der Waals surface area (Å²) in [6.07, 6.45) is 4.18. The molecular formula is C10H12F2N2. The smallest absolute Gasteiger partial charge is 0.168 e. The molecule has 0 spiro atoms. The van der Waals surface area contributed by atoms with Crippen LogP contribution in [0.15, 0.2) is 12.3 Å². The fraction of sp³-hybridized carbons (Fsp3) is 0.500. The first-order valence-electron chi connectivity index (χ1n) is 4.68. The molecule has 14 heavy (non-hydrogen) atoms. The highest BCUT2D eigenvalue weighted by atomic mass is 19.1. The first-order chi connectivity index (χ1) is 6.59. The molecule has 0 saturated heterocycles. The highest BCUT2D eigenvalue weighted by Gasteiger charge is 2.32. The summed E-state index contributed by atoms with van der Waals surface area (Å²) in [5, 5.41) is 3.00. The Labute approximate surface area is 81.4 Å². The zero-order valence-electron chi connectivity index (χ0n) is 7.98. The van der Waals surface area contributed by atoms with Gasteiger partial charge in [-0.3, -0.25) is 0 Å². The maximum atomic E-state index is 13.2. The molecule has 76 valence electrons. The summed E-state index contributed by atoms with van der Waals surface area (Å²) in [6.45, 7) is 2.01. The van der Waals surface area contributed by atoms with E-state index in [0.717, 1.165) is 31.5 Å². The Balaban J connectivity index is 2.16. The summed E-state index contributed by atoms with van der Waals surface area (Å²) in [4.78, 5) is 3.68. The van der Waals surface area contributed by atoms with E-state index in [0.29, 0.717) is 0 Å². The molecule has 1 N–H and O–H groups in total. The molecule has 1 aromatic heterocycles. The Morgan fingerprint density at radius 1 is 1.43 bits per heavy atom. The van der Waals surface area contributed by atoms with Gasteiger partial charge in [-0.25, -0.2) is 13.8 Å². The van der Waals surface area contributed by atoms with Gasteiger partial charge in [-0.05, 0) is 26.2 Å². The molecule has 0 amide bonds. The topological polar surface area (TPSA) is 24.9 Å². The van der Waals surface area contributed by atoms with Crippen LogP contribution < -0.4 is 5.32 Å². The molecule has 0 bridgehead atoms. The minimum absolute atomic E-state index is 0.0638. The number of rotatable bonds is 2. The maximum absolute atomic E-state index is 13.2. The summed E-state index contributed by atoms with van der Waals surface area (Å²) in [6, 6.07) is 0.845. The molecule has 0 radical (unpaired) electrons. The lowest BCUT2D eigenvalue weighted by atomic mass is 9.78. The van der Waals surface area contributed by atoms with E-state index in [1.165, 1.54) is 0 Å². The van der Waals surface area contributed by atoms with Crippen molar-refractivity contribution in [2.75, 3.05) is 5.32 Å². The lowest BCUT2D eigenvalue weighted by Gasteiger charge is -2.39. The van der Waals surface area contributed by atoms with Crippen molar-refractivity contribution in [1.82, 2.24) is 4.98 Å². The minimum Gasteiger partial charge on any atom is -0.362 e. The predicted molar refractivity (Wildman–Crippen MR) is 50.0 cm³/mol. The lowest BCUT2D eigenvalue weighted by Crippen LogP contribution is -2.42. The average molecular weight is 198 g/mol. The second kappa shape index (κ2) is 3.19. The number of pyridine rings is 1. The van der Waals surface area contributed by atoms with Gasteiger partial charge in [0.2, 0.25) is 0 Å². The number of hydrogen-bond donors (Lipinski definition) is 1. The van der Waals surface area contributed by atoms with E-state index >= 15 is 0 Å². The number of anilines is 1. The van der Waals surface area contributed by atoms with Crippen LogP contribution in [0.3, 0.4) is 0 Å². The van der Waals surface area contributed by atoms with Crippen molar-refractivity contribution in [2.24, 2.45) is 0 Å². The quantitative estimate of drug-likeness (QED) is 0.790. The molecule has 2 nitrogen and oxygen atoms in total. The predicted octanol–water partition coefficient (Wildman–Crippen LogP) is 2.71. The van der Waals surface area contributed by atoms with Crippen LogP contribution in [0.1, 0.15) is 26.2 Å². The van der Waals surface area contributed by atoms with Crippen LogP contribution in [0.4, 0.5) is 14.6 Å². The Hall–Kier alpha value is -1.19. The van der Waals surface area contributed by atoms with Crippen molar-refractivity contribution in [3.05, 3.63) is 23.9 Å². The van der Waals surface area contributed by atoms with Gasteiger partial charge in [0, 0.05) is 11.6 Å². The van der Waals surface area contributed by atoms with Gasteiger partial charge in [-0.1, -0.05) is 0 Å². The lowest BCUT2D eigenvalue weighted by molar-refractivity contribution is 0.304. The molecule has 0 aromatic carbocycles. The zero-order chi connectivity index (χ0) is 10.2. The van der Waals surface area contributed by atoms with E-state index in [1.54, 1.807) is 0 Å². The SMILES string of the molecule is CC1(Nc2ncc(F)cc2F)CCC1. The molecule has 4 heteroatoms. The second-order valence-electron chi connectivity index (χ2n) is 4.02. The Morgan fingerprint density at radius 2 is 2.14 bits per heavy atom. The summed E-state index contributed by atoms with van der Waals surface area (Å²) < 4.78 is 25.7. The fourth-order valence-electron chi connectivity index (χ4n) is 1.62. The third kappa shape index (κ3) is 1.69. The van der Waals surface area contributed by atoms with Gasteiger partial charge in [-0.2, -0.15) is 0 Å². The van der Waals surface area contributed by atoms with E-state index in [4.69, 9.17) is 0 Å². The standard InChI is InChI=1S/C10H12F2N2/c1-10(3-2-4-10)14-9-8(12)5-7(11)6-13-9/h5-6H,2-4H2,1H3,(H,13,14). The molecule has 1 saturated carbocycles. The minimum atomic E-state index is -0.646. The third-order valence-electron chi connectivity index (χ3n) is 2.69. The average Bonchev–Trinajstić information content (AvgIpc) is 2.07. The number of hydrogen-bond acceptors (Lipinski definition) is 2. The van der Waals surface area contributed by atoms with Crippen molar-refractivity contribution in [3.8, 4) is 0 Å². The Bertz CT molecular complexity index is 348. The molecule has 1 aliphatic carbocycles. The molecular weight excluding hydrogens is 186 g/mol. The van der Waals surface area contributed by atoms with Crippen LogP contribution in [0.5, 0.6) is 0 Å². The van der Waals surface area contributed by atoms with Gasteiger partial charge < -0.3 is 5.32 Å². The van der Waals surface area contributed by atoms with Crippen LogP contribution >= 0.6 is 0 Å². The molecule has 1 fully saturated rings. The van der Waals surface area contributed by atoms with Gasteiger partial charge in [0.25, 0.3) is 0 Å². The highest BCUT2D eigenvalue weighted by molar-refractivity contribution is 5.39. The van der Waals surface area contributed by atoms with E-state index in [1.807, 2.05) is 6.92 Å². The van der Waals surface area contributed by atoms with E-state index < -0.39 is 11.6 Å². The van der Waals surface area contributed by atoms with Crippen molar-refractivity contribution >= 4 is 5.82 Å². The highest BCUT2D eigenvalue weighted by Crippen LogP contribution is 2.34. The first-order valence-corrected chi connectivity index (χ1v) is 4.68. The number of halogens is 2. The van der Waals surface area contributed by atoms with Gasteiger partial charge >= 0.3 is 0 Å². The molecule has 1 heterocycles. The van der Waals surface area contributed by atoms with E-state index in [-0.39, 0.29) is 11.4 Å². The summed E-state index contributed by atoms with van der Waals surface area (Å²) in [5.41, 5.74) is -0.0638. The summed E-state index contributed by atoms with van der Waals surface area (Å²) in [5.74, 6) is -1.13. The van der Waals surface area contributed by atoms with E-state index in [2.05, 4.69) is 10.3 Å². The van der Waals surface area contributed by atoms with Crippen molar-refractivity contribution in [1.29, 1.82) is 0 Å². The third-order valence-corrected chi connectivity index (χ3v) is 2.69. The zero-order valence-corrected chi connectivity index (χ0v) is 7.98. The van der Waals surface area contributed by atoms with Crippen LogP contribution in [0.25, 0.3) is 0 Å². The number of nitrogens with zero attached hydrogens (tertiary/aromatic N) is 1. The van der Waals surface area contributed by atoms with Gasteiger partial charge in [0.05, 0.1) is 6.20 Å². The van der Waals surface area contributed by atoms with Gasteiger partial charge in [0.1, 0.15) is 5.82 Å². The Morgan fingerprint density at radius 3 is 2.64 bits per heavy atom. The van der Waals surface area contributed by atoms with Gasteiger partial charge in [0.15, 0.2) is 11.6 Å². The first kappa shape index (κ1) is 9.37. The molecule has 0 aliphatic heterocycles. The second-order valence-corrected chi connectivity index (χ2v) is 4.02. The number of nitrogens with one attached hydrogen (secondary N) is 1. The summed E-state index contributed by atoms with van der Waals surface area (Å²) >= 11 is 0. The largest absolute Gasteiger partial charge is 0.362 e. The monoisotopic (exact) mass is 198 g/mol. The molecule has 0 atom stereocenters. The maximum Gasteiger partial charge on any atom is 0.168 e. The molecule has 2 rings (SSSR count). The normalized spacial score (nSPS) is 18.8. The molecule has 1 aromatic rings.